The van der Waals surface area contributed by atoms with Gasteiger partial charge in [0, 0.05) is 18.6 Å². The van der Waals surface area contributed by atoms with Gasteiger partial charge in [-0.2, -0.15) is 0 Å². The van der Waals surface area contributed by atoms with E-state index in [2.05, 4.69) is 49.1 Å². The third-order valence-electron chi connectivity index (χ3n) is 4.37. The lowest BCUT2D eigenvalue weighted by atomic mass is 10.1. The van der Waals surface area contributed by atoms with Crippen molar-refractivity contribution >= 4 is 0 Å². The number of hydrogen-bond donors (Lipinski definition) is 0. The Morgan fingerprint density at radius 2 is 1.53 bits per heavy atom. The van der Waals surface area contributed by atoms with Crippen LogP contribution in [-0.2, 0) is 16.0 Å². The van der Waals surface area contributed by atoms with Gasteiger partial charge in [-0.15, -0.1) is 0 Å². The Balaban J connectivity index is 1.76. The predicted octanol–water partition coefficient (Wildman–Crippen LogP) is 2.80. The van der Waals surface area contributed by atoms with Crippen molar-refractivity contribution in [2.45, 2.75) is 64.3 Å². The maximum absolute atomic E-state index is 6.06. The van der Waals surface area contributed by atoms with Crippen molar-refractivity contribution in [2.24, 2.45) is 0 Å². The molecule has 1 aromatic carbocycles. The van der Waals surface area contributed by atoms with Crippen LogP contribution < -0.4 is 0 Å². The third-order valence-corrected chi connectivity index (χ3v) is 4.37. The number of ether oxygens (including phenoxy) is 2. The Bertz CT molecular complexity index is 425. The molecule has 1 aromatic rings. The molecule has 0 bridgehead atoms. The Hall–Kier alpha value is -0.900. The molecule has 2 saturated heterocycles. The summed E-state index contributed by atoms with van der Waals surface area (Å²) in [6, 6.07) is 11.4. The zero-order chi connectivity index (χ0) is 13.6. The van der Waals surface area contributed by atoms with E-state index < -0.39 is 5.79 Å². The average Bonchev–Trinajstić information content (AvgIpc) is 2.80. The topological polar surface area (TPSA) is 21.7 Å². The number of benzene rings is 1. The molecule has 0 radical (unpaired) electrons. The summed E-state index contributed by atoms with van der Waals surface area (Å²) in [5.74, 6) is -0.434. The summed E-state index contributed by atoms with van der Waals surface area (Å²) >= 11 is 0. The summed E-state index contributed by atoms with van der Waals surface area (Å²) in [4.78, 5) is 2.49. The normalized spacial score (nSPS) is 37.5. The number of fused-ring (bicyclic) bond motifs is 1. The monoisotopic (exact) mass is 261 g/mol. The van der Waals surface area contributed by atoms with Crippen molar-refractivity contribution < 1.29 is 9.47 Å². The second-order valence-corrected chi connectivity index (χ2v) is 6.20. The largest absolute Gasteiger partial charge is 0.343 e. The summed E-state index contributed by atoms with van der Waals surface area (Å²) in [6.45, 7) is 9.46. The van der Waals surface area contributed by atoms with Gasteiger partial charge in [-0.05, 0) is 33.3 Å². The molecule has 2 aliphatic rings. The fourth-order valence-corrected chi connectivity index (χ4v) is 3.39. The van der Waals surface area contributed by atoms with E-state index in [9.17, 15) is 0 Å². The lowest BCUT2D eigenvalue weighted by molar-refractivity contribution is -0.166. The molecule has 0 N–H and O–H groups in total. The highest BCUT2D eigenvalue weighted by molar-refractivity contribution is 5.16. The number of nitrogens with zero attached hydrogens (tertiary/aromatic N) is 1. The summed E-state index contributed by atoms with van der Waals surface area (Å²) in [6.07, 6.45) is 0.377. The zero-order valence-corrected chi connectivity index (χ0v) is 12.2. The van der Waals surface area contributed by atoms with Gasteiger partial charge in [0.15, 0.2) is 5.79 Å². The molecule has 4 atom stereocenters. The standard InChI is InChI=1S/C16H23NO2/c1-11-14-15(19-16(3,4)18-14)12(2)17(11)10-13-8-6-5-7-9-13/h5-9,11-12,14-15H,10H2,1-4H3/t11-,12-,14-,15+/m1/s1. The Kier molecular flexibility index (Phi) is 3.16. The van der Waals surface area contributed by atoms with Gasteiger partial charge in [0.2, 0.25) is 0 Å². The van der Waals surface area contributed by atoms with Gasteiger partial charge >= 0.3 is 0 Å². The lowest BCUT2D eigenvalue weighted by Crippen LogP contribution is -2.39. The molecule has 0 aliphatic carbocycles. The quantitative estimate of drug-likeness (QED) is 0.817. The Labute approximate surface area is 115 Å². The molecule has 0 unspecified atom stereocenters. The van der Waals surface area contributed by atoms with E-state index in [1.807, 2.05) is 13.8 Å². The maximum atomic E-state index is 6.06. The molecule has 3 heteroatoms. The van der Waals surface area contributed by atoms with Gasteiger partial charge in [-0.25, -0.2) is 0 Å². The Morgan fingerprint density at radius 3 is 2.05 bits per heavy atom. The van der Waals surface area contributed by atoms with Gasteiger partial charge in [0.05, 0.1) is 0 Å². The van der Waals surface area contributed by atoms with Crippen LogP contribution in [0.1, 0.15) is 33.3 Å². The second-order valence-electron chi connectivity index (χ2n) is 6.20. The summed E-state index contributed by atoms with van der Waals surface area (Å²) < 4.78 is 12.1. The molecule has 3 nitrogen and oxygen atoms in total. The smallest absolute Gasteiger partial charge is 0.163 e. The molecule has 2 heterocycles. The zero-order valence-electron chi connectivity index (χ0n) is 12.2. The average molecular weight is 261 g/mol. The fraction of sp³-hybridized carbons (Fsp3) is 0.625. The third kappa shape index (κ3) is 2.31. The minimum absolute atomic E-state index is 0.189. The van der Waals surface area contributed by atoms with Gasteiger partial charge < -0.3 is 9.47 Å². The van der Waals surface area contributed by atoms with Gasteiger partial charge in [-0.1, -0.05) is 30.3 Å². The van der Waals surface area contributed by atoms with Gasteiger partial charge in [0.1, 0.15) is 12.2 Å². The molecule has 2 aliphatic heterocycles. The van der Waals surface area contributed by atoms with E-state index in [4.69, 9.17) is 9.47 Å². The van der Waals surface area contributed by atoms with Crippen molar-refractivity contribution in [3.05, 3.63) is 35.9 Å². The summed E-state index contributed by atoms with van der Waals surface area (Å²) in [5.41, 5.74) is 1.35. The highest BCUT2D eigenvalue weighted by Crippen LogP contribution is 2.40. The molecule has 3 rings (SSSR count). The summed E-state index contributed by atoms with van der Waals surface area (Å²) in [5, 5.41) is 0. The number of likely N-dealkylation sites (tertiary alicyclic amines) is 1. The molecule has 2 fully saturated rings. The van der Waals surface area contributed by atoms with Gasteiger partial charge in [-0.3, -0.25) is 4.90 Å². The van der Waals surface area contributed by atoms with Crippen molar-refractivity contribution in [3.63, 3.8) is 0 Å². The molecule has 0 spiro atoms. The van der Waals surface area contributed by atoms with Crippen molar-refractivity contribution in [1.29, 1.82) is 0 Å². The van der Waals surface area contributed by atoms with Crippen molar-refractivity contribution in [1.82, 2.24) is 4.90 Å². The van der Waals surface area contributed by atoms with Crippen LogP contribution >= 0.6 is 0 Å². The molecule has 0 amide bonds. The van der Waals surface area contributed by atoms with Crippen LogP contribution in [0.5, 0.6) is 0 Å². The second kappa shape index (κ2) is 4.58. The van der Waals surface area contributed by atoms with Crippen LogP contribution in [-0.4, -0.2) is 35.0 Å². The molecule has 0 aromatic heterocycles. The predicted molar refractivity (Wildman–Crippen MR) is 74.7 cm³/mol. The number of rotatable bonds is 2. The SMILES string of the molecule is C[C@@H]1[C@@H]2OC(C)(C)O[C@@H]2[C@@H](C)N1Cc1ccccc1. The Morgan fingerprint density at radius 1 is 1.00 bits per heavy atom. The molecular weight excluding hydrogens is 238 g/mol. The first-order valence-electron chi connectivity index (χ1n) is 7.13. The number of hydrogen-bond acceptors (Lipinski definition) is 3. The van der Waals surface area contributed by atoms with Crippen LogP contribution in [0.4, 0.5) is 0 Å². The first kappa shape index (κ1) is 13.1. The van der Waals surface area contributed by atoms with Crippen LogP contribution in [0.3, 0.4) is 0 Å². The van der Waals surface area contributed by atoms with E-state index in [0.717, 1.165) is 6.54 Å². The van der Waals surface area contributed by atoms with E-state index in [0.29, 0.717) is 12.1 Å². The summed E-state index contributed by atoms with van der Waals surface area (Å²) in [7, 11) is 0. The van der Waals surface area contributed by atoms with E-state index >= 15 is 0 Å². The highest BCUT2D eigenvalue weighted by Gasteiger charge is 2.54. The molecule has 104 valence electrons. The minimum Gasteiger partial charge on any atom is -0.343 e. The first-order chi connectivity index (χ1) is 8.98. The van der Waals surface area contributed by atoms with Crippen LogP contribution in [0.15, 0.2) is 30.3 Å². The lowest BCUT2D eigenvalue weighted by Gasteiger charge is -2.31. The van der Waals surface area contributed by atoms with Crippen LogP contribution in [0.2, 0.25) is 0 Å². The minimum atomic E-state index is -0.434. The van der Waals surface area contributed by atoms with Crippen molar-refractivity contribution in [3.8, 4) is 0 Å². The van der Waals surface area contributed by atoms with Crippen LogP contribution in [0, 0.1) is 0 Å². The fourth-order valence-electron chi connectivity index (χ4n) is 3.39. The van der Waals surface area contributed by atoms with E-state index in [1.54, 1.807) is 0 Å². The van der Waals surface area contributed by atoms with Crippen LogP contribution in [0.25, 0.3) is 0 Å². The van der Waals surface area contributed by atoms with Crippen molar-refractivity contribution in [2.75, 3.05) is 0 Å². The molecule has 0 saturated carbocycles. The van der Waals surface area contributed by atoms with E-state index in [-0.39, 0.29) is 12.2 Å². The molecular formula is C16H23NO2. The van der Waals surface area contributed by atoms with Gasteiger partial charge in [0.25, 0.3) is 0 Å². The van der Waals surface area contributed by atoms with E-state index in [1.165, 1.54) is 5.56 Å². The molecule has 19 heavy (non-hydrogen) atoms. The highest BCUT2D eigenvalue weighted by atomic mass is 16.8. The maximum Gasteiger partial charge on any atom is 0.163 e. The first-order valence-corrected chi connectivity index (χ1v) is 7.13.